The molecule has 1 aromatic carbocycles. The molecule has 37 heavy (non-hydrogen) atoms. The van der Waals surface area contributed by atoms with Gasteiger partial charge in [0.05, 0.1) is 38.1 Å². The van der Waals surface area contributed by atoms with E-state index in [1.807, 2.05) is 0 Å². The van der Waals surface area contributed by atoms with Crippen LogP contribution in [0.2, 0.25) is 0 Å². The zero-order chi connectivity index (χ0) is 27.1. The SMILES string of the molecule is O=C(C[C@@H]1C(C(=O)O)=CO[C@@H](O[C@@H]2O[C@H](CO)[C@@H](O)[C@H](O)[C@H]2O)C1=CCO)OCCc1ccc(O)cc1. The topological polar surface area (TPSA) is 213 Å². The third-order valence-corrected chi connectivity index (χ3v) is 6.01. The van der Waals surface area contributed by atoms with E-state index in [9.17, 15) is 45.3 Å². The van der Waals surface area contributed by atoms with E-state index in [-0.39, 0.29) is 23.5 Å². The molecule has 204 valence electrons. The average Bonchev–Trinajstić information content (AvgIpc) is 2.87. The molecule has 0 unspecified atom stereocenters. The Hall–Kier alpha value is -3.04. The lowest BCUT2D eigenvalue weighted by Gasteiger charge is -2.41. The number of benzene rings is 1. The summed E-state index contributed by atoms with van der Waals surface area (Å²) in [5, 5.41) is 68.1. The second kappa shape index (κ2) is 13.0. The van der Waals surface area contributed by atoms with Crippen LogP contribution in [0.1, 0.15) is 12.0 Å². The number of hydrogen-bond donors (Lipinski definition) is 7. The number of aliphatic carboxylic acids is 1. The highest BCUT2D eigenvalue weighted by atomic mass is 16.8. The van der Waals surface area contributed by atoms with Crippen LogP contribution in [-0.2, 0) is 35.0 Å². The maximum Gasteiger partial charge on any atom is 0.335 e. The zero-order valence-electron chi connectivity index (χ0n) is 19.6. The van der Waals surface area contributed by atoms with Crippen molar-refractivity contribution >= 4 is 11.9 Å². The van der Waals surface area contributed by atoms with E-state index in [2.05, 4.69) is 0 Å². The molecule has 2 heterocycles. The maximum absolute atomic E-state index is 12.6. The molecule has 0 bridgehead atoms. The number of carbonyl (C=O) groups is 2. The number of carboxylic acid groups (broad SMARTS) is 1. The molecule has 0 amide bonds. The van der Waals surface area contributed by atoms with Crippen molar-refractivity contribution in [2.75, 3.05) is 19.8 Å². The normalized spacial score (nSPS) is 30.9. The number of aliphatic hydroxyl groups excluding tert-OH is 5. The minimum absolute atomic E-state index is 0.0111. The van der Waals surface area contributed by atoms with Gasteiger partial charge in [0.2, 0.25) is 6.29 Å². The monoisotopic (exact) mass is 526 g/mol. The van der Waals surface area contributed by atoms with Crippen molar-refractivity contribution in [1.82, 2.24) is 0 Å². The van der Waals surface area contributed by atoms with Gasteiger partial charge in [0, 0.05) is 17.9 Å². The fourth-order valence-corrected chi connectivity index (χ4v) is 3.99. The van der Waals surface area contributed by atoms with Gasteiger partial charge in [0.1, 0.15) is 30.2 Å². The standard InChI is InChI=1S/C24H30O13/c25-7-5-14-15(9-18(28)34-8-6-12-1-3-13(27)4-2-12)16(22(32)33)11-35-23(14)37-24-21(31)20(30)19(29)17(10-26)36-24/h1-5,11,15,17,19-21,23-27,29-31H,6-10H2,(H,32,33)/t15-,17+,19+,20-,21+,23-,24-/m0/s1. The molecule has 0 radical (unpaired) electrons. The number of phenolic OH excluding ortho intramolecular Hbond substituents is 1. The molecule has 2 aliphatic rings. The highest BCUT2D eigenvalue weighted by Crippen LogP contribution is 2.35. The minimum atomic E-state index is -1.76. The Labute approximate surface area is 211 Å². The molecule has 2 aliphatic heterocycles. The Morgan fingerprint density at radius 1 is 1.03 bits per heavy atom. The quantitative estimate of drug-likeness (QED) is 0.137. The van der Waals surface area contributed by atoms with Gasteiger partial charge in [0.15, 0.2) is 6.29 Å². The van der Waals surface area contributed by atoms with E-state index in [1.54, 1.807) is 12.1 Å². The Morgan fingerprint density at radius 2 is 1.73 bits per heavy atom. The molecule has 0 aromatic heterocycles. The van der Waals surface area contributed by atoms with Crippen LogP contribution in [0.25, 0.3) is 0 Å². The van der Waals surface area contributed by atoms with Crippen LogP contribution in [0.15, 0.2) is 47.7 Å². The van der Waals surface area contributed by atoms with Gasteiger partial charge in [-0.1, -0.05) is 18.2 Å². The van der Waals surface area contributed by atoms with Gasteiger partial charge < -0.3 is 54.7 Å². The lowest BCUT2D eigenvalue weighted by atomic mass is 9.86. The Morgan fingerprint density at radius 3 is 2.35 bits per heavy atom. The molecular formula is C24H30O13. The van der Waals surface area contributed by atoms with E-state index >= 15 is 0 Å². The van der Waals surface area contributed by atoms with Crippen molar-refractivity contribution in [1.29, 1.82) is 0 Å². The molecule has 3 rings (SSSR count). The van der Waals surface area contributed by atoms with E-state index < -0.39 is 74.5 Å². The van der Waals surface area contributed by atoms with Gasteiger partial charge in [-0.25, -0.2) is 4.79 Å². The zero-order valence-corrected chi connectivity index (χ0v) is 19.6. The predicted molar refractivity (Wildman–Crippen MR) is 121 cm³/mol. The average molecular weight is 526 g/mol. The van der Waals surface area contributed by atoms with Crippen molar-refractivity contribution in [3.63, 3.8) is 0 Å². The molecule has 0 aliphatic carbocycles. The maximum atomic E-state index is 12.6. The van der Waals surface area contributed by atoms with Crippen molar-refractivity contribution in [2.45, 2.75) is 49.8 Å². The molecule has 1 aromatic rings. The van der Waals surface area contributed by atoms with Crippen LogP contribution in [-0.4, -0.2) is 105 Å². The van der Waals surface area contributed by atoms with Gasteiger partial charge in [-0.3, -0.25) is 4.79 Å². The summed E-state index contributed by atoms with van der Waals surface area (Å²) in [6.07, 6.45) is -7.49. The van der Waals surface area contributed by atoms with Crippen molar-refractivity contribution < 1.29 is 64.3 Å². The van der Waals surface area contributed by atoms with Gasteiger partial charge in [0.25, 0.3) is 0 Å². The van der Waals surface area contributed by atoms with Crippen LogP contribution in [0, 0.1) is 5.92 Å². The van der Waals surface area contributed by atoms with Crippen LogP contribution >= 0.6 is 0 Å². The highest BCUT2D eigenvalue weighted by Gasteiger charge is 2.46. The summed E-state index contributed by atoms with van der Waals surface area (Å²) in [6, 6.07) is 6.31. The first kappa shape index (κ1) is 28.5. The first-order valence-electron chi connectivity index (χ1n) is 11.4. The fourth-order valence-electron chi connectivity index (χ4n) is 3.99. The van der Waals surface area contributed by atoms with Gasteiger partial charge in [-0.15, -0.1) is 0 Å². The van der Waals surface area contributed by atoms with Gasteiger partial charge in [-0.05, 0) is 17.7 Å². The third-order valence-electron chi connectivity index (χ3n) is 6.01. The number of aromatic hydroxyl groups is 1. The molecule has 7 N–H and O–H groups in total. The first-order valence-corrected chi connectivity index (χ1v) is 11.4. The summed E-state index contributed by atoms with van der Waals surface area (Å²) < 4.78 is 21.5. The smallest absolute Gasteiger partial charge is 0.335 e. The number of ether oxygens (including phenoxy) is 4. The fraction of sp³-hybridized carbons (Fsp3) is 0.500. The lowest BCUT2D eigenvalue weighted by Crippen LogP contribution is -2.60. The minimum Gasteiger partial charge on any atom is -0.508 e. The molecule has 13 nitrogen and oxygen atoms in total. The number of carboxylic acids is 1. The van der Waals surface area contributed by atoms with Crippen LogP contribution < -0.4 is 0 Å². The molecular weight excluding hydrogens is 496 g/mol. The van der Waals surface area contributed by atoms with E-state index in [0.29, 0.717) is 6.42 Å². The molecule has 13 heteroatoms. The van der Waals surface area contributed by atoms with Gasteiger partial charge in [-0.2, -0.15) is 0 Å². The Kier molecular flexibility index (Phi) is 10.00. The summed E-state index contributed by atoms with van der Waals surface area (Å²) in [5.41, 5.74) is 0.510. The largest absolute Gasteiger partial charge is 0.508 e. The molecule has 0 saturated carbocycles. The summed E-state index contributed by atoms with van der Waals surface area (Å²) in [4.78, 5) is 24.4. The van der Waals surface area contributed by atoms with Crippen molar-refractivity contribution in [3.05, 3.63) is 53.3 Å². The second-order valence-corrected chi connectivity index (χ2v) is 8.46. The molecule has 1 fully saturated rings. The van der Waals surface area contributed by atoms with E-state index in [0.717, 1.165) is 11.8 Å². The number of aliphatic hydroxyl groups is 5. The second-order valence-electron chi connectivity index (χ2n) is 8.46. The highest BCUT2D eigenvalue weighted by molar-refractivity contribution is 5.89. The number of hydrogen-bond acceptors (Lipinski definition) is 12. The number of esters is 1. The van der Waals surface area contributed by atoms with Crippen LogP contribution in [0.5, 0.6) is 5.75 Å². The number of rotatable bonds is 10. The lowest BCUT2D eigenvalue weighted by molar-refractivity contribution is -0.327. The summed E-state index contributed by atoms with van der Waals surface area (Å²) in [5.74, 6) is -3.18. The summed E-state index contributed by atoms with van der Waals surface area (Å²) in [6.45, 7) is -1.29. The predicted octanol–water partition coefficient (Wildman–Crippen LogP) is -1.46. The summed E-state index contributed by atoms with van der Waals surface area (Å²) >= 11 is 0. The summed E-state index contributed by atoms with van der Waals surface area (Å²) in [7, 11) is 0. The number of phenols is 1. The van der Waals surface area contributed by atoms with Crippen LogP contribution in [0.4, 0.5) is 0 Å². The Bertz CT molecular complexity index is 987. The molecule has 0 spiro atoms. The van der Waals surface area contributed by atoms with E-state index in [1.165, 1.54) is 18.2 Å². The third kappa shape index (κ3) is 7.05. The van der Waals surface area contributed by atoms with E-state index in [4.69, 9.17) is 18.9 Å². The molecule has 7 atom stereocenters. The first-order chi connectivity index (χ1) is 17.7. The molecule has 1 saturated heterocycles. The number of carbonyl (C=O) groups excluding carboxylic acids is 1. The Balaban J connectivity index is 1.72. The van der Waals surface area contributed by atoms with Gasteiger partial charge >= 0.3 is 11.9 Å². The van der Waals surface area contributed by atoms with Crippen molar-refractivity contribution in [3.8, 4) is 5.75 Å². The van der Waals surface area contributed by atoms with Crippen LogP contribution in [0.3, 0.4) is 0 Å². The van der Waals surface area contributed by atoms with Crippen molar-refractivity contribution in [2.24, 2.45) is 5.92 Å².